The molecule has 2 aromatic carbocycles. The molecule has 0 amide bonds. The molecular weight excluding hydrogens is 490 g/mol. The van der Waals surface area contributed by atoms with E-state index in [0.29, 0.717) is 36.6 Å². The first-order chi connectivity index (χ1) is 17.7. The van der Waals surface area contributed by atoms with E-state index in [4.69, 9.17) is 26.8 Å². The van der Waals surface area contributed by atoms with Gasteiger partial charge in [-0.15, -0.1) is 0 Å². The van der Waals surface area contributed by atoms with E-state index >= 15 is 0 Å². The molecule has 8 heteroatoms. The fraction of sp³-hybridized carbons (Fsp3) is 0.414. The summed E-state index contributed by atoms with van der Waals surface area (Å²) in [4.78, 5) is 14.1. The molecule has 2 aromatic rings. The van der Waals surface area contributed by atoms with E-state index in [-0.39, 0.29) is 11.7 Å². The lowest BCUT2D eigenvalue weighted by Gasteiger charge is -2.27. The number of rotatable bonds is 11. The summed E-state index contributed by atoms with van der Waals surface area (Å²) >= 11 is 6.21. The number of fused-ring (bicyclic) bond motifs is 1. The maximum Gasteiger partial charge on any atom is 0.170 e. The first kappa shape index (κ1) is 28.7. The van der Waals surface area contributed by atoms with Gasteiger partial charge in [0.1, 0.15) is 12.0 Å². The predicted molar refractivity (Wildman–Crippen MR) is 151 cm³/mol. The second-order valence-corrected chi connectivity index (χ2v) is 9.79. The highest BCUT2D eigenvalue weighted by atomic mass is 35.5. The second-order valence-electron chi connectivity index (χ2n) is 9.35. The number of nitrogens with one attached hydrogen (secondary N) is 2. The Morgan fingerprint density at radius 3 is 2.70 bits per heavy atom. The molecule has 0 spiro atoms. The summed E-state index contributed by atoms with van der Waals surface area (Å²) in [7, 11) is 3.40. The quantitative estimate of drug-likeness (QED) is 0.249. The van der Waals surface area contributed by atoms with Gasteiger partial charge in [0.05, 0.1) is 18.6 Å². The standard InChI is InChI=1S/C29H38ClN3O4/c1-6-17(2)27(28(35)21-11-20-12-22(30)8-10-26(20)37-16-21)23-9-7-19(13-25(23)33-15-18(3)34)24(14-31)29(32-4)36-5/h7-10,12-14,18,21,29,32-34H,6,11,15-16,31H2,1-5H3/b24-14-,27-17?. The van der Waals surface area contributed by atoms with Gasteiger partial charge in [0.25, 0.3) is 0 Å². The third-order valence-corrected chi connectivity index (χ3v) is 6.91. The minimum Gasteiger partial charge on any atom is -0.493 e. The molecule has 3 atom stereocenters. The van der Waals surface area contributed by atoms with Crippen molar-refractivity contribution in [3.05, 3.63) is 69.9 Å². The summed E-state index contributed by atoms with van der Waals surface area (Å²) in [6.07, 6.45) is 1.81. The Bertz CT molecular complexity index is 1170. The van der Waals surface area contributed by atoms with Crippen LogP contribution in [-0.2, 0) is 16.0 Å². The maximum absolute atomic E-state index is 14.1. The fourth-order valence-corrected chi connectivity index (χ4v) is 4.76. The van der Waals surface area contributed by atoms with Gasteiger partial charge in [-0.1, -0.05) is 36.2 Å². The number of likely N-dealkylation sites (N-methyl/N-ethyl adjacent to an activating group) is 1. The molecule has 200 valence electrons. The van der Waals surface area contributed by atoms with Crippen LogP contribution in [0.25, 0.3) is 11.1 Å². The van der Waals surface area contributed by atoms with E-state index in [1.54, 1.807) is 27.1 Å². The molecule has 7 nitrogen and oxygen atoms in total. The summed E-state index contributed by atoms with van der Waals surface area (Å²) in [6.45, 7) is 6.37. The summed E-state index contributed by atoms with van der Waals surface area (Å²) in [5.41, 5.74) is 11.7. The Hall–Kier alpha value is -2.84. The van der Waals surface area contributed by atoms with Crippen LogP contribution in [0.2, 0.25) is 5.02 Å². The van der Waals surface area contributed by atoms with Gasteiger partial charge < -0.3 is 25.6 Å². The van der Waals surface area contributed by atoms with Gasteiger partial charge in [-0.05, 0) is 69.1 Å². The summed E-state index contributed by atoms with van der Waals surface area (Å²) in [5.74, 6) is 0.457. The Kier molecular flexibility index (Phi) is 10.2. The van der Waals surface area contributed by atoms with Crippen LogP contribution < -0.4 is 21.1 Å². The number of carbonyl (C=O) groups is 1. The van der Waals surface area contributed by atoms with Crippen molar-refractivity contribution in [2.24, 2.45) is 11.7 Å². The van der Waals surface area contributed by atoms with Gasteiger partial charge in [-0.3, -0.25) is 10.1 Å². The minimum atomic E-state index is -0.576. The zero-order chi connectivity index (χ0) is 27.1. The Labute approximate surface area is 224 Å². The molecule has 3 unspecified atom stereocenters. The van der Waals surface area contributed by atoms with E-state index in [0.717, 1.165) is 39.3 Å². The topological polar surface area (TPSA) is 106 Å². The number of hydrogen-bond acceptors (Lipinski definition) is 7. The van der Waals surface area contributed by atoms with Gasteiger partial charge >= 0.3 is 0 Å². The zero-order valence-corrected chi connectivity index (χ0v) is 23.0. The lowest BCUT2D eigenvalue weighted by Crippen LogP contribution is -2.30. The molecular formula is C29H38ClN3O4. The molecule has 0 saturated heterocycles. The smallest absolute Gasteiger partial charge is 0.170 e. The summed E-state index contributed by atoms with van der Waals surface area (Å²) in [5, 5.41) is 17.0. The van der Waals surface area contributed by atoms with E-state index in [9.17, 15) is 9.90 Å². The number of ether oxygens (including phenoxy) is 2. The van der Waals surface area contributed by atoms with Crippen molar-refractivity contribution in [3.8, 4) is 5.75 Å². The lowest BCUT2D eigenvalue weighted by atomic mass is 9.83. The average molecular weight is 528 g/mol. The van der Waals surface area contributed by atoms with E-state index in [1.165, 1.54) is 6.20 Å². The highest BCUT2D eigenvalue weighted by Gasteiger charge is 2.31. The molecule has 1 heterocycles. The predicted octanol–water partition coefficient (Wildman–Crippen LogP) is 4.63. The largest absolute Gasteiger partial charge is 0.493 e. The van der Waals surface area contributed by atoms with Crippen molar-refractivity contribution in [1.82, 2.24) is 5.32 Å². The number of carbonyl (C=O) groups excluding carboxylic acids is 1. The molecule has 1 aliphatic rings. The van der Waals surface area contributed by atoms with Crippen LogP contribution in [0.3, 0.4) is 0 Å². The van der Waals surface area contributed by atoms with Gasteiger partial charge in [0.15, 0.2) is 5.78 Å². The first-order valence-corrected chi connectivity index (χ1v) is 12.9. The molecule has 3 rings (SSSR count). The molecule has 0 saturated carbocycles. The molecule has 37 heavy (non-hydrogen) atoms. The van der Waals surface area contributed by atoms with Crippen molar-refractivity contribution in [3.63, 3.8) is 0 Å². The number of methoxy groups -OCH3 is 1. The van der Waals surface area contributed by atoms with Crippen LogP contribution in [0.15, 0.2) is 48.2 Å². The number of hydrogen-bond donors (Lipinski definition) is 4. The fourth-order valence-electron chi connectivity index (χ4n) is 4.57. The molecule has 0 aromatic heterocycles. The number of benzene rings is 2. The summed E-state index contributed by atoms with van der Waals surface area (Å²) in [6, 6.07) is 11.3. The zero-order valence-electron chi connectivity index (χ0n) is 22.2. The first-order valence-electron chi connectivity index (χ1n) is 12.6. The minimum absolute atomic E-state index is 0.0254. The van der Waals surface area contributed by atoms with Crippen LogP contribution >= 0.6 is 11.6 Å². The number of halogens is 1. The van der Waals surface area contributed by atoms with Crippen molar-refractivity contribution < 1.29 is 19.4 Å². The highest BCUT2D eigenvalue weighted by molar-refractivity contribution is 6.30. The van der Waals surface area contributed by atoms with Crippen LogP contribution in [0, 0.1) is 5.92 Å². The van der Waals surface area contributed by atoms with E-state index in [1.807, 2.05) is 44.2 Å². The van der Waals surface area contributed by atoms with E-state index < -0.39 is 12.3 Å². The van der Waals surface area contributed by atoms with Gasteiger partial charge in [0.2, 0.25) is 0 Å². The second kappa shape index (κ2) is 13.1. The Morgan fingerprint density at radius 1 is 1.32 bits per heavy atom. The third-order valence-electron chi connectivity index (χ3n) is 6.67. The van der Waals surface area contributed by atoms with Crippen molar-refractivity contribution in [2.45, 2.75) is 45.9 Å². The number of aliphatic hydroxyl groups is 1. The average Bonchev–Trinajstić information content (AvgIpc) is 2.90. The Balaban J connectivity index is 2.06. The number of aliphatic hydroxyl groups excluding tert-OH is 1. The van der Waals surface area contributed by atoms with Crippen molar-refractivity contribution in [1.29, 1.82) is 0 Å². The van der Waals surface area contributed by atoms with Crippen LogP contribution in [0.5, 0.6) is 5.75 Å². The SMILES string of the molecule is CCC(C)=C(C(=O)C1COc2ccc(Cl)cc2C1)c1ccc(/C(=C/N)C(NC)OC)cc1NCC(C)O. The monoisotopic (exact) mass is 527 g/mol. The van der Waals surface area contributed by atoms with Crippen LogP contribution in [0.4, 0.5) is 5.69 Å². The number of allylic oxidation sites excluding steroid dienone is 2. The molecule has 0 aliphatic carbocycles. The number of Topliss-reactive ketones (excluding diaryl/α,β-unsaturated/α-hetero) is 1. The molecule has 0 radical (unpaired) electrons. The number of anilines is 1. The third kappa shape index (κ3) is 6.73. The van der Waals surface area contributed by atoms with Crippen LogP contribution in [0.1, 0.15) is 43.9 Å². The molecule has 1 aliphatic heterocycles. The Morgan fingerprint density at radius 2 is 2.08 bits per heavy atom. The van der Waals surface area contributed by atoms with Crippen LogP contribution in [-0.4, -0.2) is 50.5 Å². The highest BCUT2D eigenvalue weighted by Crippen LogP contribution is 2.37. The maximum atomic E-state index is 14.1. The number of nitrogens with two attached hydrogens (primary N) is 1. The van der Waals surface area contributed by atoms with Gasteiger partial charge in [-0.25, -0.2) is 0 Å². The molecule has 0 fully saturated rings. The van der Waals surface area contributed by atoms with Crippen molar-refractivity contribution in [2.75, 3.05) is 32.6 Å². The lowest BCUT2D eigenvalue weighted by molar-refractivity contribution is -0.118. The summed E-state index contributed by atoms with van der Waals surface area (Å²) < 4.78 is 11.5. The van der Waals surface area contributed by atoms with Crippen molar-refractivity contribution >= 4 is 34.2 Å². The van der Waals surface area contributed by atoms with Gasteiger partial charge in [0, 0.05) is 47.3 Å². The normalized spacial score (nSPS) is 17.8. The van der Waals surface area contributed by atoms with Gasteiger partial charge in [-0.2, -0.15) is 0 Å². The molecule has 5 N–H and O–H groups in total. The number of ketones is 1. The molecule has 0 bridgehead atoms. The van der Waals surface area contributed by atoms with E-state index in [2.05, 4.69) is 10.6 Å².